The number of rotatable bonds is 7. The molecular weight excluding hydrogens is 406 g/mol. The van der Waals surface area contributed by atoms with E-state index in [1.54, 1.807) is 11.0 Å². The molecule has 1 unspecified atom stereocenters. The molecule has 0 spiro atoms. The van der Waals surface area contributed by atoms with Crippen LogP contribution in [0.2, 0.25) is 0 Å². The van der Waals surface area contributed by atoms with Crippen molar-refractivity contribution < 1.29 is 19.1 Å². The van der Waals surface area contributed by atoms with Gasteiger partial charge in [0.25, 0.3) is 5.91 Å². The molecule has 0 aliphatic carbocycles. The summed E-state index contributed by atoms with van der Waals surface area (Å²) in [5.74, 6) is -0.543. The highest BCUT2D eigenvalue weighted by Crippen LogP contribution is 2.20. The van der Waals surface area contributed by atoms with Crippen molar-refractivity contribution in [1.29, 1.82) is 0 Å². The summed E-state index contributed by atoms with van der Waals surface area (Å²) in [4.78, 5) is 39.2. The number of hydrogen-bond donors (Lipinski definition) is 2. The second-order valence-electron chi connectivity index (χ2n) is 8.37. The molecule has 0 bridgehead atoms. The summed E-state index contributed by atoms with van der Waals surface area (Å²) in [5.41, 5.74) is 4.32. The third-order valence-electron chi connectivity index (χ3n) is 5.50. The van der Waals surface area contributed by atoms with Crippen LogP contribution in [0.5, 0.6) is 0 Å². The van der Waals surface area contributed by atoms with Gasteiger partial charge in [0.05, 0.1) is 5.92 Å². The molecule has 3 amide bonds. The van der Waals surface area contributed by atoms with Gasteiger partial charge in [0.15, 0.2) is 0 Å². The van der Waals surface area contributed by atoms with Gasteiger partial charge >= 0.3 is 0 Å². The summed E-state index contributed by atoms with van der Waals surface area (Å²) in [5, 5.41) is 5.73. The molecular formula is C25H31N3O4. The van der Waals surface area contributed by atoms with E-state index in [0.29, 0.717) is 30.9 Å². The molecule has 2 aromatic carbocycles. The van der Waals surface area contributed by atoms with Gasteiger partial charge in [-0.05, 0) is 56.5 Å². The van der Waals surface area contributed by atoms with Crippen molar-refractivity contribution in [3.63, 3.8) is 0 Å². The Labute approximate surface area is 189 Å². The molecule has 32 heavy (non-hydrogen) atoms. The molecule has 1 atom stereocenters. The molecule has 1 aliphatic rings. The Kier molecular flexibility index (Phi) is 8.00. The zero-order valence-corrected chi connectivity index (χ0v) is 18.9. The summed E-state index contributed by atoms with van der Waals surface area (Å²) in [6.07, 6.45) is 1.56. The molecule has 170 valence electrons. The molecule has 1 fully saturated rings. The average molecular weight is 438 g/mol. The zero-order chi connectivity index (χ0) is 23.1. The lowest BCUT2D eigenvalue weighted by atomic mass is 9.96. The van der Waals surface area contributed by atoms with Gasteiger partial charge in [0.2, 0.25) is 11.8 Å². The van der Waals surface area contributed by atoms with Gasteiger partial charge in [0.1, 0.15) is 6.61 Å². The van der Waals surface area contributed by atoms with Crippen molar-refractivity contribution in [2.24, 2.45) is 5.92 Å². The Balaban J connectivity index is 1.56. The Morgan fingerprint density at radius 3 is 2.56 bits per heavy atom. The van der Waals surface area contributed by atoms with Crippen LogP contribution in [0.1, 0.15) is 39.9 Å². The minimum Gasteiger partial charge on any atom is -0.375 e. The van der Waals surface area contributed by atoms with Crippen LogP contribution >= 0.6 is 0 Å². The number of benzene rings is 2. The maximum Gasteiger partial charge on any atom is 0.253 e. The second-order valence-corrected chi connectivity index (χ2v) is 8.37. The molecule has 0 saturated carbocycles. The minimum absolute atomic E-state index is 0.0139. The predicted molar refractivity (Wildman–Crippen MR) is 123 cm³/mol. The van der Waals surface area contributed by atoms with Gasteiger partial charge in [-0.3, -0.25) is 14.4 Å². The summed E-state index contributed by atoms with van der Waals surface area (Å²) < 4.78 is 4.82. The number of nitrogens with zero attached hydrogens (tertiary/aromatic N) is 1. The van der Waals surface area contributed by atoms with E-state index in [9.17, 15) is 14.4 Å². The van der Waals surface area contributed by atoms with Crippen molar-refractivity contribution in [1.82, 2.24) is 10.2 Å². The number of carbonyl (C=O) groups is 3. The summed E-state index contributed by atoms with van der Waals surface area (Å²) in [7, 11) is 1.47. The van der Waals surface area contributed by atoms with E-state index in [-0.39, 0.29) is 30.2 Å². The van der Waals surface area contributed by atoms with Crippen molar-refractivity contribution in [2.45, 2.75) is 33.2 Å². The topological polar surface area (TPSA) is 87.7 Å². The molecule has 0 aromatic heterocycles. The Morgan fingerprint density at radius 1 is 1.09 bits per heavy atom. The maximum atomic E-state index is 13.0. The van der Waals surface area contributed by atoms with Crippen LogP contribution in [0.4, 0.5) is 5.69 Å². The van der Waals surface area contributed by atoms with Crippen LogP contribution in [0, 0.1) is 19.8 Å². The van der Waals surface area contributed by atoms with Crippen molar-refractivity contribution >= 4 is 23.4 Å². The molecule has 1 heterocycles. The fourth-order valence-corrected chi connectivity index (χ4v) is 4.08. The van der Waals surface area contributed by atoms with Gasteiger partial charge < -0.3 is 20.3 Å². The molecule has 0 radical (unpaired) electrons. The second kappa shape index (κ2) is 10.9. The van der Waals surface area contributed by atoms with Crippen LogP contribution in [0.25, 0.3) is 0 Å². The van der Waals surface area contributed by atoms with Crippen LogP contribution in [-0.2, 0) is 20.9 Å². The Hall–Kier alpha value is -3.19. The number of ether oxygens (including phenoxy) is 1. The molecule has 7 heteroatoms. The van der Waals surface area contributed by atoms with Crippen LogP contribution < -0.4 is 10.6 Å². The third kappa shape index (κ3) is 6.40. The number of methoxy groups -OCH3 is 1. The van der Waals surface area contributed by atoms with E-state index in [1.165, 1.54) is 7.11 Å². The Bertz CT molecular complexity index is 969. The average Bonchev–Trinajstić information content (AvgIpc) is 2.77. The number of anilines is 1. The van der Waals surface area contributed by atoms with Crippen molar-refractivity contribution in [3.8, 4) is 0 Å². The van der Waals surface area contributed by atoms with E-state index in [4.69, 9.17) is 4.74 Å². The van der Waals surface area contributed by atoms with Gasteiger partial charge in [0, 0.05) is 38.0 Å². The fraction of sp³-hybridized carbons (Fsp3) is 0.400. The summed E-state index contributed by atoms with van der Waals surface area (Å²) >= 11 is 0. The SMILES string of the molecule is COCC(=O)Nc1cccc(CNC(=O)C2CCCN(C(=O)c3cc(C)cc(C)c3)C2)c1. The first kappa shape index (κ1) is 23.5. The van der Waals surface area contributed by atoms with Crippen LogP contribution in [-0.4, -0.2) is 49.4 Å². The summed E-state index contributed by atoms with van der Waals surface area (Å²) in [6, 6.07) is 13.2. The highest BCUT2D eigenvalue weighted by atomic mass is 16.5. The van der Waals surface area contributed by atoms with E-state index in [2.05, 4.69) is 10.6 Å². The maximum absolute atomic E-state index is 13.0. The number of amides is 3. The molecule has 1 aliphatic heterocycles. The summed E-state index contributed by atoms with van der Waals surface area (Å²) in [6.45, 7) is 5.39. The molecule has 2 N–H and O–H groups in total. The molecule has 3 rings (SSSR count). The quantitative estimate of drug-likeness (QED) is 0.697. The molecule has 7 nitrogen and oxygen atoms in total. The number of nitrogens with one attached hydrogen (secondary N) is 2. The van der Waals surface area contributed by atoms with Crippen molar-refractivity contribution in [2.75, 3.05) is 32.1 Å². The first-order valence-electron chi connectivity index (χ1n) is 10.9. The predicted octanol–water partition coefficient (Wildman–Crippen LogP) is 3.06. The fourth-order valence-electron chi connectivity index (χ4n) is 4.08. The normalized spacial score (nSPS) is 15.8. The number of hydrogen-bond acceptors (Lipinski definition) is 4. The first-order chi connectivity index (χ1) is 15.4. The van der Waals surface area contributed by atoms with Gasteiger partial charge in [-0.1, -0.05) is 29.3 Å². The lowest BCUT2D eigenvalue weighted by Gasteiger charge is -2.32. The largest absolute Gasteiger partial charge is 0.375 e. The van der Waals surface area contributed by atoms with Crippen LogP contribution in [0.3, 0.4) is 0 Å². The highest BCUT2D eigenvalue weighted by Gasteiger charge is 2.29. The van der Waals surface area contributed by atoms with E-state index in [0.717, 1.165) is 29.5 Å². The van der Waals surface area contributed by atoms with Gasteiger partial charge in [-0.25, -0.2) is 0 Å². The highest BCUT2D eigenvalue weighted by molar-refractivity contribution is 5.95. The number of piperidine rings is 1. The third-order valence-corrected chi connectivity index (χ3v) is 5.50. The van der Waals surface area contributed by atoms with E-state index < -0.39 is 0 Å². The van der Waals surface area contributed by atoms with E-state index >= 15 is 0 Å². The zero-order valence-electron chi connectivity index (χ0n) is 18.9. The van der Waals surface area contributed by atoms with Gasteiger partial charge in [-0.15, -0.1) is 0 Å². The molecule has 2 aromatic rings. The van der Waals surface area contributed by atoms with Gasteiger partial charge in [-0.2, -0.15) is 0 Å². The number of aryl methyl sites for hydroxylation is 2. The van der Waals surface area contributed by atoms with Crippen molar-refractivity contribution in [3.05, 3.63) is 64.7 Å². The Morgan fingerprint density at radius 2 is 1.84 bits per heavy atom. The standard InChI is InChI=1S/C25H31N3O4/c1-17-10-18(2)12-21(11-17)25(31)28-9-5-7-20(15-28)24(30)26-14-19-6-4-8-22(13-19)27-23(29)16-32-3/h4,6,8,10-13,20H,5,7,9,14-16H2,1-3H3,(H,26,30)(H,27,29). The number of carbonyl (C=O) groups excluding carboxylic acids is 3. The number of likely N-dealkylation sites (tertiary alicyclic amines) is 1. The monoisotopic (exact) mass is 437 g/mol. The minimum atomic E-state index is -0.233. The first-order valence-corrected chi connectivity index (χ1v) is 10.9. The lowest BCUT2D eigenvalue weighted by molar-refractivity contribution is -0.126. The van der Waals surface area contributed by atoms with Crippen LogP contribution in [0.15, 0.2) is 42.5 Å². The lowest BCUT2D eigenvalue weighted by Crippen LogP contribution is -2.45. The smallest absolute Gasteiger partial charge is 0.253 e. The van der Waals surface area contributed by atoms with E-state index in [1.807, 2.05) is 50.2 Å². The molecule has 1 saturated heterocycles.